The number of halogens is 1. The number of carbonyl (C=O) groups excluding carboxylic acids is 1. The quantitative estimate of drug-likeness (QED) is 0.690. The molecule has 1 heterocycles. The van der Waals surface area contributed by atoms with Gasteiger partial charge in [-0.3, -0.25) is 4.79 Å². The Kier molecular flexibility index (Phi) is 5.34. The zero-order valence-corrected chi connectivity index (χ0v) is 16.6. The summed E-state index contributed by atoms with van der Waals surface area (Å²) in [5, 5.41) is 4.65. The molecule has 7 heteroatoms. The predicted octanol–water partition coefficient (Wildman–Crippen LogP) is 4.41. The molecule has 0 spiro atoms. The van der Waals surface area contributed by atoms with E-state index >= 15 is 0 Å². The molecule has 3 aromatic rings. The highest BCUT2D eigenvalue weighted by Crippen LogP contribution is 2.26. The average molecular weight is 412 g/mol. The third kappa shape index (κ3) is 3.88. The molecule has 0 saturated carbocycles. The van der Waals surface area contributed by atoms with Crippen molar-refractivity contribution in [1.29, 1.82) is 0 Å². The van der Waals surface area contributed by atoms with E-state index in [1.54, 1.807) is 6.07 Å². The molecule has 5 nitrogen and oxygen atoms in total. The smallest absolute Gasteiger partial charge is 0.255 e. The molecule has 1 saturated heterocycles. The molecule has 4 rings (SSSR count). The summed E-state index contributed by atoms with van der Waals surface area (Å²) >= 11 is 0. The van der Waals surface area contributed by atoms with Crippen LogP contribution in [-0.4, -0.2) is 31.7 Å². The fourth-order valence-electron chi connectivity index (χ4n) is 3.62. The Morgan fingerprint density at radius 1 is 0.931 bits per heavy atom. The summed E-state index contributed by atoms with van der Waals surface area (Å²) in [6, 6.07) is 16.6. The Labute approximate surface area is 169 Å². The standard InChI is InChI=1S/C22H21FN2O3S/c23-19-12-11-17(15-21(19)29(27,28)25-13-4-1-5-14-25)22(26)24-20-10-6-8-16-7-2-3-9-18(16)20/h2-3,6-12,15H,1,4-5,13-14H2,(H,24,26). The van der Waals surface area contributed by atoms with E-state index in [4.69, 9.17) is 0 Å². The van der Waals surface area contributed by atoms with Crippen LogP contribution in [0.25, 0.3) is 10.8 Å². The Hall–Kier alpha value is -2.77. The number of fused-ring (bicyclic) bond motifs is 1. The molecule has 0 radical (unpaired) electrons. The van der Waals surface area contributed by atoms with Gasteiger partial charge in [-0.2, -0.15) is 4.31 Å². The van der Waals surface area contributed by atoms with Gasteiger partial charge in [-0.05, 0) is 42.5 Å². The van der Waals surface area contributed by atoms with Crippen molar-refractivity contribution >= 4 is 32.4 Å². The van der Waals surface area contributed by atoms with Gasteiger partial charge in [0, 0.05) is 29.7 Å². The number of hydrogen-bond donors (Lipinski definition) is 1. The molecule has 1 N–H and O–H groups in total. The van der Waals surface area contributed by atoms with Crippen molar-refractivity contribution in [2.24, 2.45) is 0 Å². The average Bonchev–Trinajstić information content (AvgIpc) is 2.75. The molecule has 0 unspecified atom stereocenters. The minimum Gasteiger partial charge on any atom is -0.321 e. The first-order chi connectivity index (χ1) is 14.0. The van der Waals surface area contributed by atoms with E-state index in [1.807, 2.05) is 36.4 Å². The van der Waals surface area contributed by atoms with Crippen LogP contribution >= 0.6 is 0 Å². The molecule has 29 heavy (non-hydrogen) atoms. The van der Waals surface area contributed by atoms with Gasteiger partial charge in [-0.1, -0.05) is 42.8 Å². The molecule has 150 valence electrons. The van der Waals surface area contributed by atoms with Crippen LogP contribution in [0.2, 0.25) is 0 Å². The van der Waals surface area contributed by atoms with Crippen molar-refractivity contribution in [2.45, 2.75) is 24.2 Å². The van der Waals surface area contributed by atoms with E-state index in [1.165, 1.54) is 10.4 Å². The molecule has 1 amide bonds. The molecule has 1 fully saturated rings. The van der Waals surface area contributed by atoms with Crippen LogP contribution < -0.4 is 5.32 Å². The van der Waals surface area contributed by atoms with E-state index in [0.717, 1.165) is 42.2 Å². The maximum Gasteiger partial charge on any atom is 0.255 e. The monoisotopic (exact) mass is 412 g/mol. The van der Waals surface area contributed by atoms with Crippen LogP contribution in [-0.2, 0) is 10.0 Å². The molecule has 0 aliphatic carbocycles. The first-order valence-electron chi connectivity index (χ1n) is 9.55. The first kappa shape index (κ1) is 19.5. The second kappa shape index (κ2) is 7.93. The second-order valence-electron chi connectivity index (χ2n) is 7.09. The van der Waals surface area contributed by atoms with Crippen molar-refractivity contribution < 1.29 is 17.6 Å². The summed E-state index contributed by atoms with van der Waals surface area (Å²) in [6.07, 6.45) is 2.46. The van der Waals surface area contributed by atoms with Gasteiger partial charge in [-0.15, -0.1) is 0 Å². The fourth-order valence-corrected chi connectivity index (χ4v) is 5.22. The van der Waals surface area contributed by atoms with Crippen LogP contribution in [0, 0.1) is 5.82 Å². The largest absolute Gasteiger partial charge is 0.321 e. The van der Waals surface area contributed by atoms with E-state index in [-0.39, 0.29) is 5.56 Å². The van der Waals surface area contributed by atoms with Crippen LogP contribution in [0.5, 0.6) is 0 Å². The summed E-state index contributed by atoms with van der Waals surface area (Å²) in [5.74, 6) is -1.34. The third-order valence-corrected chi connectivity index (χ3v) is 7.08. The number of amides is 1. The number of anilines is 1. The molecule has 0 atom stereocenters. The zero-order valence-electron chi connectivity index (χ0n) is 15.8. The topological polar surface area (TPSA) is 66.5 Å². The van der Waals surface area contributed by atoms with E-state index in [9.17, 15) is 17.6 Å². The third-order valence-electron chi connectivity index (χ3n) is 5.16. The van der Waals surface area contributed by atoms with Crippen molar-refractivity contribution in [2.75, 3.05) is 18.4 Å². The van der Waals surface area contributed by atoms with Gasteiger partial charge in [0.15, 0.2) is 0 Å². The molecule has 0 aromatic heterocycles. The lowest BCUT2D eigenvalue weighted by atomic mass is 10.1. The van der Waals surface area contributed by atoms with Crippen molar-refractivity contribution in [3.05, 3.63) is 72.0 Å². The predicted molar refractivity (Wildman–Crippen MR) is 111 cm³/mol. The molecule has 1 aliphatic heterocycles. The number of sulfonamides is 1. The van der Waals surface area contributed by atoms with Gasteiger partial charge in [-0.25, -0.2) is 12.8 Å². The maximum atomic E-state index is 14.4. The molecule has 0 bridgehead atoms. The molecule has 1 aliphatic rings. The maximum absolute atomic E-state index is 14.4. The normalized spacial score (nSPS) is 15.3. The summed E-state index contributed by atoms with van der Waals surface area (Å²) in [4.78, 5) is 12.3. The minimum absolute atomic E-state index is 0.0925. The van der Waals surface area contributed by atoms with Crippen molar-refractivity contribution in [3.63, 3.8) is 0 Å². The number of benzene rings is 3. The lowest BCUT2D eigenvalue weighted by molar-refractivity contribution is 0.102. The summed E-state index contributed by atoms with van der Waals surface area (Å²) in [6.45, 7) is 0.738. The van der Waals surface area contributed by atoms with Crippen molar-refractivity contribution in [3.8, 4) is 0 Å². The Balaban J connectivity index is 1.65. The van der Waals surface area contributed by atoms with Crippen LogP contribution in [0.4, 0.5) is 10.1 Å². The SMILES string of the molecule is O=C(Nc1cccc2ccccc12)c1ccc(F)c(S(=O)(=O)N2CCCCC2)c1. The number of nitrogens with zero attached hydrogens (tertiary/aromatic N) is 1. The van der Waals surface area contributed by atoms with Gasteiger partial charge in [0.25, 0.3) is 5.91 Å². The van der Waals surface area contributed by atoms with Crippen LogP contribution in [0.3, 0.4) is 0 Å². The van der Waals surface area contributed by atoms with Gasteiger partial charge >= 0.3 is 0 Å². The molecular weight excluding hydrogens is 391 g/mol. The van der Waals surface area contributed by atoms with Gasteiger partial charge in [0.1, 0.15) is 10.7 Å². The van der Waals surface area contributed by atoms with E-state index in [2.05, 4.69) is 5.32 Å². The number of piperidine rings is 1. The minimum atomic E-state index is -3.98. The molecule has 3 aromatic carbocycles. The Morgan fingerprint density at radius 2 is 1.66 bits per heavy atom. The highest BCUT2D eigenvalue weighted by atomic mass is 32.2. The lowest BCUT2D eigenvalue weighted by Gasteiger charge is -2.26. The number of nitrogens with one attached hydrogen (secondary N) is 1. The van der Waals surface area contributed by atoms with E-state index in [0.29, 0.717) is 18.8 Å². The molecular formula is C22H21FN2O3S. The first-order valence-corrected chi connectivity index (χ1v) is 11.0. The Bertz CT molecular complexity index is 1170. The van der Waals surface area contributed by atoms with Gasteiger partial charge in [0.05, 0.1) is 0 Å². The summed E-state index contributed by atoms with van der Waals surface area (Å²) < 4.78 is 41.4. The van der Waals surface area contributed by atoms with Gasteiger partial charge in [0.2, 0.25) is 10.0 Å². The number of hydrogen-bond acceptors (Lipinski definition) is 3. The van der Waals surface area contributed by atoms with Crippen LogP contribution in [0.1, 0.15) is 29.6 Å². The lowest BCUT2D eigenvalue weighted by Crippen LogP contribution is -2.36. The summed E-state index contributed by atoms with van der Waals surface area (Å²) in [5.41, 5.74) is 0.702. The van der Waals surface area contributed by atoms with Gasteiger partial charge < -0.3 is 5.32 Å². The highest BCUT2D eigenvalue weighted by Gasteiger charge is 2.29. The Morgan fingerprint density at radius 3 is 2.45 bits per heavy atom. The summed E-state index contributed by atoms with van der Waals surface area (Å²) in [7, 11) is -3.98. The zero-order chi connectivity index (χ0) is 20.4. The number of carbonyl (C=O) groups is 1. The van der Waals surface area contributed by atoms with Crippen LogP contribution in [0.15, 0.2) is 65.6 Å². The fraction of sp³-hybridized carbons (Fsp3) is 0.227. The number of rotatable bonds is 4. The van der Waals surface area contributed by atoms with E-state index < -0.39 is 26.6 Å². The highest BCUT2D eigenvalue weighted by molar-refractivity contribution is 7.89. The second-order valence-corrected chi connectivity index (χ2v) is 9.00. The van der Waals surface area contributed by atoms with Crippen molar-refractivity contribution in [1.82, 2.24) is 4.31 Å².